The van der Waals surface area contributed by atoms with E-state index in [2.05, 4.69) is 101 Å². The Kier molecular flexibility index (Phi) is 8.06. The Morgan fingerprint density at radius 3 is 2.35 bits per heavy atom. The lowest BCUT2D eigenvalue weighted by Gasteiger charge is -2.26. The van der Waals surface area contributed by atoms with Crippen LogP contribution in [-0.4, -0.2) is 40.2 Å². The van der Waals surface area contributed by atoms with Crippen LogP contribution in [0.1, 0.15) is 37.3 Å². The fourth-order valence-electron chi connectivity index (χ4n) is 3.39. The number of hydrogen-bond acceptors (Lipinski definition) is 3. The molecular weight excluding hydrogens is 402 g/mol. The Morgan fingerprint density at radius 1 is 1.06 bits per heavy atom. The van der Waals surface area contributed by atoms with Crippen LogP contribution in [0.25, 0.3) is 0 Å². The highest BCUT2D eigenvalue weighted by Gasteiger charge is 2.12. The molecule has 0 radical (unpaired) electrons. The molecule has 164 valence electrons. The Hall–Kier alpha value is -2.86. The summed E-state index contributed by atoms with van der Waals surface area (Å²) >= 11 is 5.81. The highest BCUT2D eigenvalue weighted by molar-refractivity contribution is 7.80. The van der Waals surface area contributed by atoms with Crippen LogP contribution in [0.4, 0.5) is 11.4 Å². The van der Waals surface area contributed by atoms with E-state index >= 15 is 0 Å². The number of imidazole rings is 1. The van der Waals surface area contributed by atoms with Gasteiger partial charge in [-0.1, -0.05) is 38.1 Å². The number of anilines is 2. The van der Waals surface area contributed by atoms with Gasteiger partial charge in [0.1, 0.15) is 0 Å². The fourth-order valence-corrected chi connectivity index (χ4v) is 3.66. The van der Waals surface area contributed by atoms with Gasteiger partial charge in [-0.05, 0) is 59.9 Å². The topological polar surface area (TPSA) is 36.3 Å². The first-order valence-corrected chi connectivity index (χ1v) is 11.2. The van der Waals surface area contributed by atoms with Crippen LogP contribution in [0.3, 0.4) is 0 Å². The number of thiocarbonyl (C=S) groups is 1. The number of benzene rings is 2. The van der Waals surface area contributed by atoms with Crippen LogP contribution in [0.5, 0.6) is 0 Å². The van der Waals surface area contributed by atoms with Crippen LogP contribution in [-0.2, 0) is 13.1 Å². The van der Waals surface area contributed by atoms with Gasteiger partial charge in [0.25, 0.3) is 0 Å². The largest absolute Gasteiger partial charge is 0.378 e. The molecule has 0 atom stereocenters. The van der Waals surface area contributed by atoms with E-state index in [0.717, 1.165) is 36.9 Å². The molecule has 0 aliphatic carbocycles. The van der Waals surface area contributed by atoms with E-state index in [1.165, 1.54) is 16.8 Å². The molecule has 0 saturated carbocycles. The minimum absolute atomic E-state index is 0.519. The summed E-state index contributed by atoms with van der Waals surface area (Å²) in [5.41, 5.74) is 4.79. The molecular formula is C25H33N5S. The van der Waals surface area contributed by atoms with Crippen LogP contribution in [0.2, 0.25) is 0 Å². The number of aromatic nitrogens is 2. The second kappa shape index (κ2) is 11.0. The molecule has 0 saturated heterocycles. The standard InChI is InChI=1S/C25H33N5S/c1-20(2)22-8-10-23(11-9-22)27-25(31)30(16-5-15-29-17-14-26-19-29)18-21-6-12-24(13-7-21)28(3)4/h6-14,17,19-20H,5,15-16,18H2,1-4H3,(H,27,31). The van der Waals surface area contributed by atoms with Gasteiger partial charge in [-0.3, -0.25) is 0 Å². The lowest BCUT2D eigenvalue weighted by Crippen LogP contribution is -2.35. The molecule has 3 rings (SSSR count). The average molecular weight is 436 g/mol. The maximum absolute atomic E-state index is 5.81. The number of nitrogens with one attached hydrogen (secondary N) is 1. The number of hydrogen-bond donors (Lipinski definition) is 1. The van der Waals surface area contributed by atoms with Crippen LogP contribution < -0.4 is 10.2 Å². The van der Waals surface area contributed by atoms with E-state index < -0.39 is 0 Å². The molecule has 0 fully saturated rings. The van der Waals surface area contributed by atoms with Gasteiger partial charge in [0, 0.05) is 57.5 Å². The zero-order chi connectivity index (χ0) is 22.2. The number of rotatable bonds is 9. The molecule has 0 aliphatic rings. The Morgan fingerprint density at radius 2 is 1.77 bits per heavy atom. The molecule has 31 heavy (non-hydrogen) atoms. The van der Waals surface area contributed by atoms with Gasteiger partial charge in [-0.25, -0.2) is 4.98 Å². The quantitative estimate of drug-likeness (QED) is 0.458. The summed E-state index contributed by atoms with van der Waals surface area (Å²) in [5.74, 6) is 0.519. The first-order valence-electron chi connectivity index (χ1n) is 10.8. The number of nitrogens with zero attached hydrogens (tertiary/aromatic N) is 4. The predicted octanol–water partition coefficient (Wildman–Crippen LogP) is 5.36. The van der Waals surface area contributed by atoms with Crippen molar-refractivity contribution in [2.75, 3.05) is 30.9 Å². The maximum Gasteiger partial charge on any atom is 0.173 e. The van der Waals surface area contributed by atoms with E-state index in [1.54, 1.807) is 0 Å². The Balaban J connectivity index is 1.67. The third-order valence-corrected chi connectivity index (χ3v) is 5.71. The third kappa shape index (κ3) is 6.82. The van der Waals surface area contributed by atoms with Crippen LogP contribution in [0.15, 0.2) is 67.3 Å². The third-order valence-electron chi connectivity index (χ3n) is 5.35. The molecule has 3 aromatic rings. The highest BCUT2D eigenvalue weighted by atomic mass is 32.1. The van der Waals surface area contributed by atoms with E-state index in [0.29, 0.717) is 5.92 Å². The van der Waals surface area contributed by atoms with E-state index in [1.807, 2.05) is 18.7 Å². The summed E-state index contributed by atoms with van der Waals surface area (Å²) < 4.78 is 2.10. The molecule has 0 aliphatic heterocycles. The summed E-state index contributed by atoms with van der Waals surface area (Å²) in [6.45, 7) is 6.96. The highest BCUT2D eigenvalue weighted by Crippen LogP contribution is 2.19. The molecule has 2 aromatic carbocycles. The van der Waals surface area contributed by atoms with Crippen molar-refractivity contribution in [1.29, 1.82) is 0 Å². The van der Waals surface area contributed by atoms with Crippen molar-refractivity contribution in [2.45, 2.75) is 39.3 Å². The lowest BCUT2D eigenvalue weighted by atomic mass is 10.0. The first kappa shape index (κ1) is 22.8. The molecule has 1 aromatic heterocycles. The van der Waals surface area contributed by atoms with Gasteiger partial charge in [0.05, 0.1) is 6.33 Å². The molecule has 0 bridgehead atoms. The van der Waals surface area contributed by atoms with Gasteiger partial charge >= 0.3 is 0 Å². The summed E-state index contributed by atoms with van der Waals surface area (Å²) in [6.07, 6.45) is 6.66. The Labute approximate surface area is 191 Å². The van der Waals surface area contributed by atoms with Crippen molar-refractivity contribution in [3.05, 3.63) is 78.4 Å². The van der Waals surface area contributed by atoms with Gasteiger partial charge < -0.3 is 19.7 Å². The monoisotopic (exact) mass is 435 g/mol. The Bertz CT molecular complexity index is 931. The molecule has 1 N–H and O–H groups in total. The minimum atomic E-state index is 0.519. The maximum atomic E-state index is 5.81. The molecule has 6 heteroatoms. The fraction of sp³-hybridized carbons (Fsp3) is 0.360. The summed E-state index contributed by atoms with van der Waals surface area (Å²) in [5, 5.41) is 4.18. The normalized spacial score (nSPS) is 10.9. The van der Waals surface area contributed by atoms with Crippen LogP contribution in [0, 0.1) is 0 Å². The van der Waals surface area contributed by atoms with E-state index in [9.17, 15) is 0 Å². The van der Waals surface area contributed by atoms with Gasteiger partial charge in [0.15, 0.2) is 5.11 Å². The molecule has 0 spiro atoms. The molecule has 5 nitrogen and oxygen atoms in total. The van der Waals surface area contributed by atoms with Gasteiger partial charge in [0.2, 0.25) is 0 Å². The lowest BCUT2D eigenvalue weighted by molar-refractivity contribution is 0.396. The SMILES string of the molecule is CC(C)c1ccc(NC(=S)N(CCCn2ccnc2)Cc2ccc(N(C)C)cc2)cc1. The minimum Gasteiger partial charge on any atom is -0.378 e. The first-order chi connectivity index (χ1) is 14.9. The van der Waals surface area contributed by atoms with Crippen molar-refractivity contribution < 1.29 is 0 Å². The van der Waals surface area contributed by atoms with E-state index in [-0.39, 0.29) is 0 Å². The second-order valence-electron chi connectivity index (χ2n) is 8.34. The van der Waals surface area contributed by atoms with Crippen LogP contribution >= 0.6 is 12.2 Å². The van der Waals surface area contributed by atoms with Crippen molar-refractivity contribution in [2.24, 2.45) is 0 Å². The van der Waals surface area contributed by atoms with Gasteiger partial charge in [-0.2, -0.15) is 0 Å². The summed E-state index contributed by atoms with van der Waals surface area (Å²) in [6, 6.07) is 17.2. The molecule has 1 heterocycles. The van der Waals surface area contributed by atoms with Crippen molar-refractivity contribution in [3.8, 4) is 0 Å². The van der Waals surface area contributed by atoms with Gasteiger partial charge in [-0.15, -0.1) is 0 Å². The molecule has 0 unspecified atom stereocenters. The average Bonchev–Trinajstić information content (AvgIpc) is 3.27. The molecule has 0 amide bonds. The zero-order valence-corrected chi connectivity index (χ0v) is 19.8. The summed E-state index contributed by atoms with van der Waals surface area (Å²) in [7, 11) is 4.11. The summed E-state index contributed by atoms with van der Waals surface area (Å²) in [4.78, 5) is 8.48. The predicted molar refractivity (Wildman–Crippen MR) is 135 cm³/mol. The van der Waals surface area contributed by atoms with Crippen molar-refractivity contribution in [1.82, 2.24) is 14.5 Å². The van der Waals surface area contributed by atoms with Crippen molar-refractivity contribution in [3.63, 3.8) is 0 Å². The second-order valence-corrected chi connectivity index (χ2v) is 8.73. The van der Waals surface area contributed by atoms with E-state index in [4.69, 9.17) is 12.2 Å². The number of aryl methyl sites for hydroxylation is 1. The van der Waals surface area contributed by atoms with Crippen molar-refractivity contribution >= 4 is 28.7 Å². The smallest absolute Gasteiger partial charge is 0.173 e. The zero-order valence-electron chi connectivity index (χ0n) is 19.0.